The Morgan fingerprint density at radius 1 is 0.810 bits per heavy atom. The number of fused-ring (bicyclic) bond motifs is 2. The zero-order chi connectivity index (χ0) is 15.1. The number of benzene rings is 2. The lowest BCUT2D eigenvalue weighted by atomic mass is 9.85. The summed E-state index contributed by atoms with van der Waals surface area (Å²) in [7, 11) is 1.76. The SMILES string of the molecule is COCC1c2cc(C)c(C)cc2Oc2cc(C)c(C)cc21. The minimum atomic E-state index is 0.243. The molecular formula is C19H22O2. The first-order valence-corrected chi connectivity index (χ1v) is 7.40. The second-order valence-corrected chi connectivity index (χ2v) is 6.06. The van der Waals surface area contributed by atoms with Gasteiger partial charge < -0.3 is 9.47 Å². The smallest absolute Gasteiger partial charge is 0.131 e. The first kappa shape index (κ1) is 14.2. The summed E-state index contributed by atoms with van der Waals surface area (Å²) in [5, 5.41) is 0. The van der Waals surface area contributed by atoms with Crippen LogP contribution in [0.2, 0.25) is 0 Å². The van der Waals surface area contributed by atoms with E-state index in [1.165, 1.54) is 33.4 Å². The molecule has 2 aromatic rings. The van der Waals surface area contributed by atoms with E-state index in [9.17, 15) is 0 Å². The van der Waals surface area contributed by atoms with Crippen LogP contribution < -0.4 is 4.74 Å². The van der Waals surface area contributed by atoms with Crippen molar-refractivity contribution >= 4 is 0 Å². The van der Waals surface area contributed by atoms with Gasteiger partial charge in [-0.3, -0.25) is 0 Å². The van der Waals surface area contributed by atoms with Gasteiger partial charge in [-0.15, -0.1) is 0 Å². The third-order valence-electron chi connectivity index (χ3n) is 4.56. The largest absolute Gasteiger partial charge is 0.457 e. The topological polar surface area (TPSA) is 18.5 Å². The highest BCUT2D eigenvalue weighted by atomic mass is 16.5. The molecule has 0 N–H and O–H groups in total. The second-order valence-electron chi connectivity index (χ2n) is 6.06. The molecule has 2 heteroatoms. The van der Waals surface area contributed by atoms with Crippen molar-refractivity contribution in [2.75, 3.05) is 13.7 Å². The van der Waals surface area contributed by atoms with Crippen LogP contribution in [0.3, 0.4) is 0 Å². The third kappa shape index (κ3) is 2.34. The highest BCUT2D eigenvalue weighted by Crippen LogP contribution is 2.46. The number of rotatable bonds is 2. The summed E-state index contributed by atoms with van der Waals surface area (Å²) in [4.78, 5) is 0. The molecule has 3 rings (SSSR count). The highest BCUT2D eigenvalue weighted by molar-refractivity contribution is 5.57. The summed E-state index contributed by atoms with van der Waals surface area (Å²) < 4.78 is 11.6. The molecule has 2 aromatic carbocycles. The molecular weight excluding hydrogens is 260 g/mol. The van der Waals surface area contributed by atoms with E-state index in [1.54, 1.807) is 7.11 Å². The molecule has 1 heterocycles. The molecule has 0 bridgehead atoms. The molecule has 0 radical (unpaired) electrons. The molecule has 21 heavy (non-hydrogen) atoms. The quantitative estimate of drug-likeness (QED) is 0.787. The number of hydrogen-bond donors (Lipinski definition) is 0. The van der Waals surface area contributed by atoms with Crippen LogP contribution in [-0.2, 0) is 4.74 Å². The van der Waals surface area contributed by atoms with Gasteiger partial charge in [-0.25, -0.2) is 0 Å². The van der Waals surface area contributed by atoms with Gasteiger partial charge in [-0.2, -0.15) is 0 Å². The Labute approximate surface area is 126 Å². The summed E-state index contributed by atoms with van der Waals surface area (Å²) in [6, 6.07) is 8.77. The van der Waals surface area contributed by atoms with E-state index < -0.39 is 0 Å². The Morgan fingerprint density at radius 2 is 1.24 bits per heavy atom. The van der Waals surface area contributed by atoms with Crippen molar-refractivity contribution in [1.82, 2.24) is 0 Å². The van der Waals surface area contributed by atoms with E-state index in [-0.39, 0.29) is 5.92 Å². The molecule has 1 aliphatic heterocycles. The molecule has 2 nitrogen and oxygen atoms in total. The van der Waals surface area contributed by atoms with Gasteiger partial charge in [0.15, 0.2) is 0 Å². The molecule has 0 atom stereocenters. The Balaban J connectivity index is 2.20. The fraction of sp³-hybridized carbons (Fsp3) is 0.368. The fourth-order valence-corrected chi connectivity index (χ4v) is 2.98. The Kier molecular flexibility index (Phi) is 3.50. The maximum absolute atomic E-state index is 6.17. The summed E-state index contributed by atoms with van der Waals surface area (Å²) in [5.41, 5.74) is 7.58. The van der Waals surface area contributed by atoms with E-state index in [4.69, 9.17) is 9.47 Å². The Morgan fingerprint density at radius 3 is 1.67 bits per heavy atom. The van der Waals surface area contributed by atoms with Crippen molar-refractivity contribution < 1.29 is 9.47 Å². The first-order valence-electron chi connectivity index (χ1n) is 7.40. The number of hydrogen-bond acceptors (Lipinski definition) is 2. The zero-order valence-corrected chi connectivity index (χ0v) is 13.4. The van der Waals surface area contributed by atoms with Crippen LogP contribution in [0.25, 0.3) is 0 Å². The Hall–Kier alpha value is -1.80. The molecule has 110 valence electrons. The molecule has 0 saturated carbocycles. The number of aryl methyl sites for hydroxylation is 4. The normalized spacial score (nSPS) is 13.6. The van der Waals surface area contributed by atoms with Gasteiger partial charge in [0.2, 0.25) is 0 Å². The summed E-state index contributed by atoms with van der Waals surface area (Å²) in [5.74, 6) is 2.18. The van der Waals surface area contributed by atoms with E-state index >= 15 is 0 Å². The van der Waals surface area contributed by atoms with Gasteiger partial charge in [0.1, 0.15) is 11.5 Å². The lowest BCUT2D eigenvalue weighted by Gasteiger charge is -2.29. The van der Waals surface area contributed by atoms with Crippen LogP contribution in [0.1, 0.15) is 39.3 Å². The van der Waals surface area contributed by atoms with E-state index in [0.717, 1.165) is 11.5 Å². The monoisotopic (exact) mass is 282 g/mol. The van der Waals surface area contributed by atoms with Gasteiger partial charge in [-0.05, 0) is 62.1 Å². The van der Waals surface area contributed by atoms with Crippen molar-refractivity contribution in [1.29, 1.82) is 0 Å². The van der Waals surface area contributed by atoms with Crippen LogP contribution in [0, 0.1) is 27.7 Å². The van der Waals surface area contributed by atoms with Crippen molar-refractivity contribution in [3.05, 3.63) is 57.6 Å². The average Bonchev–Trinajstić information content (AvgIpc) is 2.43. The van der Waals surface area contributed by atoms with E-state index in [2.05, 4.69) is 52.0 Å². The average molecular weight is 282 g/mol. The number of ether oxygens (including phenoxy) is 2. The van der Waals surface area contributed by atoms with Crippen LogP contribution >= 0.6 is 0 Å². The molecule has 0 saturated heterocycles. The van der Waals surface area contributed by atoms with Crippen molar-refractivity contribution in [2.45, 2.75) is 33.6 Å². The standard InChI is InChI=1S/C19H22O2/c1-11-6-15-17(10-20-5)16-7-12(2)14(4)9-19(16)21-18(15)8-13(11)3/h6-9,17H,10H2,1-5H3. The fourth-order valence-electron chi connectivity index (χ4n) is 2.98. The summed E-state index contributed by atoms with van der Waals surface area (Å²) in [6.07, 6.45) is 0. The van der Waals surface area contributed by atoms with Crippen molar-refractivity contribution in [3.63, 3.8) is 0 Å². The predicted octanol–water partition coefficient (Wildman–Crippen LogP) is 4.80. The van der Waals surface area contributed by atoms with Crippen LogP contribution in [0.5, 0.6) is 11.5 Å². The van der Waals surface area contributed by atoms with E-state index in [1.807, 2.05) is 0 Å². The van der Waals surface area contributed by atoms with Crippen molar-refractivity contribution in [3.8, 4) is 11.5 Å². The lowest BCUT2D eigenvalue weighted by Crippen LogP contribution is -2.16. The highest BCUT2D eigenvalue weighted by Gasteiger charge is 2.28. The molecule has 0 aliphatic carbocycles. The van der Waals surface area contributed by atoms with Gasteiger partial charge >= 0.3 is 0 Å². The van der Waals surface area contributed by atoms with Crippen LogP contribution in [-0.4, -0.2) is 13.7 Å². The molecule has 1 aliphatic rings. The summed E-state index contributed by atoms with van der Waals surface area (Å²) >= 11 is 0. The zero-order valence-electron chi connectivity index (χ0n) is 13.4. The van der Waals surface area contributed by atoms with Crippen LogP contribution in [0.4, 0.5) is 0 Å². The van der Waals surface area contributed by atoms with Gasteiger partial charge in [0.05, 0.1) is 6.61 Å². The maximum Gasteiger partial charge on any atom is 0.131 e. The third-order valence-corrected chi connectivity index (χ3v) is 4.56. The number of methoxy groups -OCH3 is 1. The van der Waals surface area contributed by atoms with Gasteiger partial charge in [0, 0.05) is 24.2 Å². The minimum Gasteiger partial charge on any atom is -0.457 e. The lowest BCUT2D eigenvalue weighted by molar-refractivity contribution is 0.185. The molecule has 0 unspecified atom stereocenters. The summed E-state index contributed by atoms with van der Waals surface area (Å²) in [6.45, 7) is 9.22. The molecule has 0 aromatic heterocycles. The minimum absolute atomic E-state index is 0.243. The second kappa shape index (κ2) is 5.19. The molecule has 0 amide bonds. The Bertz CT molecular complexity index is 644. The molecule has 0 fully saturated rings. The van der Waals surface area contributed by atoms with E-state index in [0.29, 0.717) is 6.61 Å². The van der Waals surface area contributed by atoms with Crippen LogP contribution in [0.15, 0.2) is 24.3 Å². The molecule has 0 spiro atoms. The van der Waals surface area contributed by atoms with Crippen molar-refractivity contribution in [2.24, 2.45) is 0 Å². The van der Waals surface area contributed by atoms with Gasteiger partial charge in [-0.1, -0.05) is 12.1 Å². The first-order chi connectivity index (χ1) is 10.0. The van der Waals surface area contributed by atoms with Gasteiger partial charge in [0.25, 0.3) is 0 Å². The maximum atomic E-state index is 6.17. The predicted molar refractivity (Wildman–Crippen MR) is 85.6 cm³/mol.